The molecule has 0 aromatic heterocycles. The first-order chi connectivity index (χ1) is 38.5. The molecule has 78 heavy (non-hydrogen) atoms. The lowest BCUT2D eigenvalue weighted by Gasteiger charge is -2.18. The van der Waals surface area contributed by atoms with Gasteiger partial charge < -0.3 is 14.2 Å². The van der Waals surface area contributed by atoms with E-state index in [0.29, 0.717) is 19.3 Å². The second-order valence-electron chi connectivity index (χ2n) is 20.2. The van der Waals surface area contributed by atoms with E-state index >= 15 is 0 Å². The number of esters is 3. The van der Waals surface area contributed by atoms with E-state index in [9.17, 15) is 14.4 Å². The van der Waals surface area contributed by atoms with Crippen molar-refractivity contribution in [1.82, 2.24) is 0 Å². The second kappa shape index (κ2) is 64.6. The molecule has 438 valence electrons. The Labute approximate surface area is 480 Å². The van der Waals surface area contributed by atoms with Crippen LogP contribution in [0.4, 0.5) is 0 Å². The number of hydrogen-bond acceptors (Lipinski definition) is 6. The molecule has 6 heteroatoms. The van der Waals surface area contributed by atoms with Crippen LogP contribution in [0.5, 0.6) is 0 Å². The summed E-state index contributed by atoms with van der Waals surface area (Å²) in [4.78, 5) is 38.2. The molecule has 0 bridgehead atoms. The summed E-state index contributed by atoms with van der Waals surface area (Å²) in [5.41, 5.74) is 0. The fourth-order valence-corrected chi connectivity index (χ4v) is 8.09. The third-order valence-corrected chi connectivity index (χ3v) is 12.7. The summed E-state index contributed by atoms with van der Waals surface area (Å²) in [5.74, 6) is -0.962. The van der Waals surface area contributed by atoms with Crippen LogP contribution in [-0.2, 0) is 28.6 Å². The molecule has 0 rings (SSSR count). The summed E-state index contributed by atoms with van der Waals surface area (Å²) in [7, 11) is 0. The highest BCUT2D eigenvalue weighted by Crippen LogP contribution is 2.14. The first-order valence-corrected chi connectivity index (χ1v) is 31.5. The van der Waals surface area contributed by atoms with Crippen LogP contribution in [0.15, 0.2) is 158 Å². The third kappa shape index (κ3) is 61.9. The molecule has 1 atom stereocenters. The summed E-state index contributed by atoms with van der Waals surface area (Å²) >= 11 is 0. The smallest absolute Gasteiger partial charge is 0.306 e. The first kappa shape index (κ1) is 73.0. The molecule has 0 spiro atoms. The second-order valence-corrected chi connectivity index (χ2v) is 20.2. The highest BCUT2D eigenvalue weighted by molar-refractivity contribution is 5.71. The van der Waals surface area contributed by atoms with E-state index in [2.05, 4.69) is 179 Å². The van der Waals surface area contributed by atoms with Gasteiger partial charge in [-0.15, -0.1) is 0 Å². The topological polar surface area (TPSA) is 78.9 Å². The van der Waals surface area contributed by atoms with E-state index in [1.54, 1.807) is 0 Å². The molecular weight excluding hydrogens is 961 g/mol. The molecule has 0 amide bonds. The maximum absolute atomic E-state index is 12.9. The quantitative estimate of drug-likeness (QED) is 0.0261. The molecule has 0 N–H and O–H groups in total. The summed E-state index contributed by atoms with van der Waals surface area (Å²) in [5, 5.41) is 0. The molecule has 0 fully saturated rings. The van der Waals surface area contributed by atoms with Crippen molar-refractivity contribution in [3.05, 3.63) is 158 Å². The highest BCUT2D eigenvalue weighted by atomic mass is 16.6. The average Bonchev–Trinajstić information content (AvgIpc) is 3.44. The van der Waals surface area contributed by atoms with Gasteiger partial charge >= 0.3 is 17.9 Å². The SMILES string of the molecule is CC/C=C\C/C=C\C/C=C\C/C=C\C/C=C\C/C=C\C/C=C\CCCCCCCCCC(=O)OCC(COC(=O)CCCCCCC/C=C\CCCCC)OC(=O)CCCCC/C=C\C/C=C\C/C=C\C/C=C\C/C=C\CC. The molecule has 6 nitrogen and oxygen atoms in total. The van der Waals surface area contributed by atoms with Crippen molar-refractivity contribution in [3.8, 4) is 0 Å². The Morgan fingerprint density at radius 1 is 0.269 bits per heavy atom. The van der Waals surface area contributed by atoms with Crippen LogP contribution in [-0.4, -0.2) is 37.2 Å². The summed E-state index contributed by atoms with van der Waals surface area (Å²) < 4.78 is 16.9. The van der Waals surface area contributed by atoms with E-state index in [1.807, 2.05) is 0 Å². The Hall–Kier alpha value is -4.97. The molecule has 0 radical (unpaired) electrons. The molecule has 0 heterocycles. The van der Waals surface area contributed by atoms with Crippen LogP contribution in [0, 0.1) is 0 Å². The Bertz CT molecular complexity index is 1760. The number of hydrogen-bond donors (Lipinski definition) is 0. The predicted molar refractivity (Wildman–Crippen MR) is 338 cm³/mol. The minimum Gasteiger partial charge on any atom is -0.462 e. The van der Waals surface area contributed by atoms with Gasteiger partial charge in [0.1, 0.15) is 13.2 Å². The fourth-order valence-electron chi connectivity index (χ4n) is 8.09. The maximum atomic E-state index is 12.9. The standard InChI is InChI=1S/C72H114O6/c1-4-7-10-13-16-19-22-25-27-29-31-32-33-34-35-36-37-38-39-40-42-43-45-47-50-53-56-59-62-65-71(74)77-68-69(67-76-70(73)64-61-58-55-52-49-24-21-18-15-12-9-6-3)78-72(75)66-63-60-57-54-51-48-46-44-41-30-28-26-23-20-17-14-11-8-5-2/h7-8,10-11,16-21,25-28,31-32,34-35,37-38,40-42,44,48,51,69H,4-6,9,12-15,22-24,29-30,33,36,39,43,45-47,49-50,52-68H2,1-3H3/b10-7-,11-8-,19-16-,20-17-,21-18-,27-25-,28-26-,32-31-,35-34-,38-37-,42-40-,44-41-,51-48-. The monoisotopic (exact) mass is 1070 g/mol. The molecule has 0 saturated heterocycles. The molecule has 0 aromatic rings. The Balaban J connectivity index is 4.40. The lowest BCUT2D eigenvalue weighted by atomic mass is 10.1. The Morgan fingerprint density at radius 3 is 0.808 bits per heavy atom. The highest BCUT2D eigenvalue weighted by Gasteiger charge is 2.19. The van der Waals surface area contributed by atoms with E-state index in [1.165, 1.54) is 57.8 Å². The van der Waals surface area contributed by atoms with Crippen LogP contribution in [0.2, 0.25) is 0 Å². The number of ether oxygens (including phenoxy) is 3. The molecule has 0 aliphatic rings. The van der Waals surface area contributed by atoms with Crippen LogP contribution >= 0.6 is 0 Å². The molecule has 0 saturated carbocycles. The van der Waals surface area contributed by atoms with E-state index < -0.39 is 6.10 Å². The van der Waals surface area contributed by atoms with E-state index in [4.69, 9.17) is 14.2 Å². The number of unbranched alkanes of at least 4 members (excludes halogenated alkanes) is 18. The lowest BCUT2D eigenvalue weighted by molar-refractivity contribution is -0.167. The van der Waals surface area contributed by atoms with Crippen molar-refractivity contribution < 1.29 is 28.6 Å². The van der Waals surface area contributed by atoms with Crippen LogP contribution in [0.3, 0.4) is 0 Å². The molecule has 0 aliphatic heterocycles. The maximum Gasteiger partial charge on any atom is 0.306 e. The zero-order valence-corrected chi connectivity index (χ0v) is 50.1. The van der Waals surface area contributed by atoms with Crippen molar-refractivity contribution in [2.45, 2.75) is 264 Å². The van der Waals surface area contributed by atoms with Gasteiger partial charge in [-0.1, -0.05) is 249 Å². The fraction of sp³-hybridized carbons (Fsp3) is 0.597. The van der Waals surface area contributed by atoms with E-state index in [-0.39, 0.29) is 37.5 Å². The van der Waals surface area contributed by atoms with Gasteiger partial charge in [0.25, 0.3) is 0 Å². The van der Waals surface area contributed by atoms with Crippen LogP contribution < -0.4 is 0 Å². The lowest BCUT2D eigenvalue weighted by Crippen LogP contribution is -2.30. The minimum atomic E-state index is -0.812. The Kier molecular flexibility index (Phi) is 60.4. The van der Waals surface area contributed by atoms with Crippen LogP contribution in [0.25, 0.3) is 0 Å². The Morgan fingerprint density at radius 2 is 0.500 bits per heavy atom. The van der Waals surface area contributed by atoms with Crippen molar-refractivity contribution in [1.29, 1.82) is 0 Å². The third-order valence-electron chi connectivity index (χ3n) is 12.7. The van der Waals surface area contributed by atoms with Gasteiger partial charge in [0.05, 0.1) is 0 Å². The molecular formula is C72H114O6. The van der Waals surface area contributed by atoms with Crippen molar-refractivity contribution in [3.63, 3.8) is 0 Å². The predicted octanol–water partition coefficient (Wildman–Crippen LogP) is 21.7. The first-order valence-electron chi connectivity index (χ1n) is 31.5. The van der Waals surface area contributed by atoms with Crippen molar-refractivity contribution in [2.24, 2.45) is 0 Å². The number of carbonyl (C=O) groups is 3. The summed E-state index contributed by atoms with van der Waals surface area (Å²) in [6.07, 6.45) is 93.9. The normalized spacial score (nSPS) is 13.2. The zero-order valence-electron chi connectivity index (χ0n) is 50.1. The molecule has 0 aromatic carbocycles. The summed E-state index contributed by atoms with van der Waals surface area (Å²) in [6.45, 7) is 6.34. The van der Waals surface area contributed by atoms with Gasteiger partial charge in [0.2, 0.25) is 0 Å². The van der Waals surface area contributed by atoms with Crippen LogP contribution in [0.1, 0.15) is 258 Å². The molecule has 0 aliphatic carbocycles. The van der Waals surface area contributed by atoms with Gasteiger partial charge in [0, 0.05) is 19.3 Å². The van der Waals surface area contributed by atoms with Gasteiger partial charge in [0.15, 0.2) is 6.10 Å². The average molecular weight is 1080 g/mol. The van der Waals surface area contributed by atoms with Gasteiger partial charge in [-0.2, -0.15) is 0 Å². The number of rotatable bonds is 55. The van der Waals surface area contributed by atoms with Gasteiger partial charge in [-0.05, 0) is 148 Å². The molecule has 1 unspecified atom stereocenters. The van der Waals surface area contributed by atoms with Crippen molar-refractivity contribution in [2.75, 3.05) is 13.2 Å². The van der Waals surface area contributed by atoms with Gasteiger partial charge in [-0.3, -0.25) is 14.4 Å². The number of allylic oxidation sites excluding steroid dienone is 26. The van der Waals surface area contributed by atoms with Gasteiger partial charge in [-0.25, -0.2) is 0 Å². The largest absolute Gasteiger partial charge is 0.462 e. The zero-order chi connectivity index (χ0) is 56.4. The van der Waals surface area contributed by atoms with E-state index in [0.717, 1.165) is 154 Å². The number of carbonyl (C=O) groups excluding carboxylic acids is 3. The minimum absolute atomic E-state index is 0.105. The van der Waals surface area contributed by atoms with Crippen molar-refractivity contribution >= 4 is 17.9 Å². The summed E-state index contributed by atoms with van der Waals surface area (Å²) in [6, 6.07) is 0.